The van der Waals surface area contributed by atoms with Gasteiger partial charge in [0, 0.05) is 18.7 Å². The molecule has 1 N–H and O–H groups in total. The Morgan fingerprint density at radius 1 is 1.22 bits per heavy atom. The topological polar surface area (TPSA) is 23.5 Å². The van der Waals surface area contributed by atoms with E-state index in [-0.39, 0.29) is 17.3 Å². The molecule has 0 aliphatic carbocycles. The molecule has 0 amide bonds. The normalized spacial score (nSPS) is 15.3. The molecule has 1 unspecified atom stereocenters. The summed E-state index contributed by atoms with van der Waals surface area (Å²) in [5, 5.41) is 9.77. The maximum absolute atomic E-state index is 14.1. The quantitative estimate of drug-likeness (QED) is 0.886. The number of aliphatic hydroxyl groups excluding tert-OH is 1. The van der Waals surface area contributed by atoms with Gasteiger partial charge in [-0.1, -0.05) is 32.9 Å². The number of para-hydroxylation sites is 1. The molecule has 0 bridgehead atoms. The van der Waals surface area contributed by atoms with Crippen molar-refractivity contribution >= 4 is 5.69 Å². The summed E-state index contributed by atoms with van der Waals surface area (Å²) < 4.78 is 14.1. The average molecular weight is 253 g/mol. The molecule has 0 aliphatic heterocycles. The fourth-order valence-corrected chi connectivity index (χ4v) is 2.02. The number of aliphatic hydroxyl groups is 1. The van der Waals surface area contributed by atoms with Gasteiger partial charge in [-0.3, -0.25) is 0 Å². The van der Waals surface area contributed by atoms with Crippen LogP contribution >= 0.6 is 0 Å². The van der Waals surface area contributed by atoms with Crippen molar-refractivity contribution in [2.45, 2.75) is 46.8 Å². The lowest BCUT2D eigenvalue weighted by Crippen LogP contribution is -2.40. The summed E-state index contributed by atoms with van der Waals surface area (Å²) >= 11 is 0. The van der Waals surface area contributed by atoms with Gasteiger partial charge in [-0.15, -0.1) is 0 Å². The number of halogens is 1. The van der Waals surface area contributed by atoms with Crippen molar-refractivity contribution in [2.24, 2.45) is 5.41 Å². The Labute approximate surface area is 109 Å². The van der Waals surface area contributed by atoms with Crippen LogP contribution in [0.5, 0.6) is 0 Å². The lowest BCUT2D eigenvalue weighted by atomic mass is 9.86. The fraction of sp³-hybridized carbons (Fsp3) is 0.600. The molecule has 1 aromatic rings. The molecule has 0 fully saturated rings. The molecule has 0 aromatic heterocycles. The van der Waals surface area contributed by atoms with Crippen LogP contribution in [0.25, 0.3) is 0 Å². The van der Waals surface area contributed by atoms with Crippen molar-refractivity contribution in [3.8, 4) is 0 Å². The number of hydrogen-bond donors (Lipinski definition) is 1. The third-order valence-electron chi connectivity index (χ3n) is 3.66. The number of rotatable bonds is 3. The molecule has 0 radical (unpaired) electrons. The van der Waals surface area contributed by atoms with Crippen molar-refractivity contribution in [1.29, 1.82) is 0 Å². The summed E-state index contributed by atoms with van der Waals surface area (Å²) in [6, 6.07) is 5.00. The highest BCUT2D eigenvalue weighted by Crippen LogP contribution is 2.33. The van der Waals surface area contributed by atoms with E-state index in [1.807, 2.05) is 11.9 Å². The summed E-state index contributed by atoms with van der Waals surface area (Å²) in [6.07, 6.45) is -0.676. The van der Waals surface area contributed by atoms with Gasteiger partial charge in [-0.2, -0.15) is 0 Å². The van der Waals surface area contributed by atoms with Gasteiger partial charge in [0.05, 0.1) is 11.8 Å². The standard InChI is InChI=1S/C15H24FNO/c1-10(18)12-8-7-9-13(16)14(12)17(6)11(2)15(3,4)5/h7-11,18H,1-6H3/t10-,11?/m1/s1. The van der Waals surface area contributed by atoms with Crippen LogP contribution in [0, 0.1) is 11.2 Å². The van der Waals surface area contributed by atoms with Gasteiger partial charge in [0.1, 0.15) is 5.82 Å². The Morgan fingerprint density at radius 3 is 2.22 bits per heavy atom. The predicted octanol–water partition coefficient (Wildman–Crippen LogP) is 3.75. The first-order valence-electron chi connectivity index (χ1n) is 6.35. The van der Waals surface area contributed by atoms with Gasteiger partial charge >= 0.3 is 0 Å². The zero-order chi connectivity index (χ0) is 14.1. The second-order valence-electron chi connectivity index (χ2n) is 6.01. The van der Waals surface area contributed by atoms with Gasteiger partial charge in [0.15, 0.2) is 0 Å². The van der Waals surface area contributed by atoms with Crippen LogP contribution in [-0.2, 0) is 0 Å². The van der Waals surface area contributed by atoms with Crippen LogP contribution in [0.3, 0.4) is 0 Å². The molecule has 3 heteroatoms. The average Bonchev–Trinajstić information content (AvgIpc) is 2.25. The molecule has 2 atom stereocenters. The largest absolute Gasteiger partial charge is 0.389 e. The Hall–Kier alpha value is -1.09. The Bertz CT molecular complexity index is 409. The molecule has 2 nitrogen and oxygen atoms in total. The Kier molecular flexibility index (Phi) is 4.38. The van der Waals surface area contributed by atoms with E-state index in [1.54, 1.807) is 19.1 Å². The van der Waals surface area contributed by atoms with Crippen LogP contribution in [0.15, 0.2) is 18.2 Å². The van der Waals surface area contributed by atoms with Crippen LogP contribution in [0.2, 0.25) is 0 Å². The molecule has 0 saturated heterocycles. The van der Waals surface area contributed by atoms with Crippen molar-refractivity contribution in [3.63, 3.8) is 0 Å². The zero-order valence-electron chi connectivity index (χ0n) is 12.2. The van der Waals surface area contributed by atoms with E-state index < -0.39 is 6.10 Å². The second-order valence-corrected chi connectivity index (χ2v) is 6.01. The first-order valence-corrected chi connectivity index (χ1v) is 6.35. The lowest BCUT2D eigenvalue weighted by molar-refractivity contribution is 0.198. The molecule has 1 aromatic carbocycles. The second kappa shape index (κ2) is 5.27. The number of anilines is 1. The van der Waals surface area contributed by atoms with Crippen LogP contribution in [-0.4, -0.2) is 18.2 Å². The molecule has 0 aliphatic rings. The van der Waals surface area contributed by atoms with E-state index in [9.17, 15) is 9.50 Å². The Morgan fingerprint density at radius 2 is 1.78 bits per heavy atom. The van der Waals surface area contributed by atoms with E-state index in [0.717, 1.165) is 0 Å². The van der Waals surface area contributed by atoms with Gasteiger partial charge in [0.25, 0.3) is 0 Å². The molecule has 102 valence electrons. The van der Waals surface area contributed by atoms with Crippen molar-refractivity contribution in [3.05, 3.63) is 29.6 Å². The Balaban J connectivity index is 3.24. The zero-order valence-corrected chi connectivity index (χ0v) is 12.2. The van der Waals surface area contributed by atoms with Gasteiger partial charge in [0.2, 0.25) is 0 Å². The number of nitrogens with zero attached hydrogens (tertiary/aromatic N) is 1. The summed E-state index contributed by atoms with van der Waals surface area (Å²) in [4.78, 5) is 1.91. The molecule has 0 heterocycles. The molecule has 1 rings (SSSR count). The third-order valence-corrected chi connectivity index (χ3v) is 3.66. The highest BCUT2D eigenvalue weighted by atomic mass is 19.1. The summed E-state index contributed by atoms with van der Waals surface area (Å²) in [5.74, 6) is -0.285. The first kappa shape index (κ1) is 15.0. The molecule has 0 spiro atoms. The maximum Gasteiger partial charge on any atom is 0.146 e. The van der Waals surface area contributed by atoms with Crippen LogP contribution < -0.4 is 4.90 Å². The third kappa shape index (κ3) is 3.02. The van der Waals surface area contributed by atoms with E-state index in [4.69, 9.17) is 0 Å². The molecule has 18 heavy (non-hydrogen) atoms. The lowest BCUT2D eigenvalue weighted by Gasteiger charge is -2.38. The van der Waals surface area contributed by atoms with E-state index in [0.29, 0.717) is 11.3 Å². The van der Waals surface area contributed by atoms with Crippen molar-refractivity contribution in [2.75, 3.05) is 11.9 Å². The monoisotopic (exact) mass is 253 g/mol. The number of benzene rings is 1. The van der Waals surface area contributed by atoms with Crippen LogP contribution in [0.4, 0.5) is 10.1 Å². The summed E-state index contributed by atoms with van der Waals surface area (Å²) in [6.45, 7) is 10.1. The summed E-state index contributed by atoms with van der Waals surface area (Å²) in [5.41, 5.74) is 1.16. The van der Waals surface area contributed by atoms with E-state index in [2.05, 4.69) is 27.7 Å². The minimum atomic E-state index is -0.676. The fourth-order valence-electron chi connectivity index (χ4n) is 2.02. The summed E-state index contributed by atoms with van der Waals surface area (Å²) in [7, 11) is 1.88. The highest BCUT2D eigenvalue weighted by Gasteiger charge is 2.27. The van der Waals surface area contributed by atoms with Crippen LogP contribution in [0.1, 0.15) is 46.3 Å². The molecular formula is C15H24FNO. The first-order chi connectivity index (χ1) is 8.16. The van der Waals surface area contributed by atoms with E-state index in [1.165, 1.54) is 6.07 Å². The highest BCUT2D eigenvalue weighted by molar-refractivity contribution is 5.56. The predicted molar refractivity (Wildman–Crippen MR) is 74.4 cm³/mol. The van der Waals surface area contributed by atoms with Crippen molar-refractivity contribution < 1.29 is 9.50 Å². The van der Waals surface area contributed by atoms with E-state index >= 15 is 0 Å². The van der Waals surface area contributed by atoms with Gasteiger partial charge in [-0.25, -0.2) is 4.39 Å². The molecular weight excluding hydrogens is 229 g/mol. The maximum atomic E-state index is 14.1. The number of hydrogen-bond acceptors (Lipinski definition) is 2. The minimum Gasteiger partial charge on any atom is -0.389 e. The van der Waals surface area contributed by atoms with Crippen molar-refractivity contribution in [1.82, 2.24) is 0 Å². The smallest absolute Gasteiger partial charge is 0.146 e. The van der Waals surface area contributed by atoms with Gasteiger partial charge < -0.3 is 10.0 Å². The van der Waals surface area contributed by atoms with Gasteiger partial charge in [-0.05, 0) is 25.3 Å². The minimum absolute atomic E-state index is 0.0347. The SMILES string of the molecule is CC(N(C)c1c(F)cccc1[C@@H](C)O)C(C)(C)C. The molecule has 0 saturated carbocycles.